The van der Waals surface area contributed by atoms with E-state index in [0.29, 0.717) is 29.6 Å². The molecule has 7 nitrogen and oxygen atoms in total. The zero-order chi connectivity index (χ0) is 20.4. The summed E-state index contributed by atoms with van der Waals surface area (Å²) in [6.07, 6.45) is 2.19. The van der Waals surface area contributed by atoms with Gasteiger partial charge in [-0.15, -0.1) is 11.3 Å². The van der Waals surface area contributed by atoms with Gasteiger partial charge in [0.2, 0.25) is 16.1 Å². The maximum absolute atomic E-state index is 13.1. The molecule has 0 aliphatic carbocycles. The quantitative estimate of drug-likeness (QED) is 0.747. The molecule has 154 valence electrons. The van der Waals surface area contributed by atoms with Crippen molar-refractivity contribution in [1.29, 1.82) is 0 Å². The number of hydrogen-bond donors (Lipinski definition) is 1. The van der Waals surface area contributed by atoms with E-state index < -0.39 is 22.0 Å². The van der Waals surface area contributed by atoms with E-state index in [4.69, 9.17) is 16.4 Å². The average Bonchev–Trinajstić information content (AvgIpc) is 3.38. The summed E-state index contributed by atoms with van der Waals surface area (Å²) in [5.41, 5.74) is 0.899. The molecule has 0 spiro atoms. The van der Waals surface area contributed by atoms with Gasteiger partial charge in [0, 0.05) is 19.5 Å². The van der Waals surface area contributed by atoms with Crippen LogP contribution in [0, 0.1) is 0 Å². The average molecular weight is 454 g/mol. The van der Waals surface area contributed by atoms with Gasteiger partial charge in [0.15, 0.2) is 0 Å². The SMILES string of the molecule is O=C(Nc1ccccc1S(=O)(=O)N1CCCCC1)C1CC(c2ccc(Cl)s2)=NO1. The fourth-order valence-corrected chi connectivity index (χ4v) is 6.08. The first-order valence-corrected chi connectivity index (χ1v) is 12.0. The number of piperidine rings is 1. The summed E-state index contributed by atoms with van der Waals surface area (Å²) < 4.78 is 28.2. The molecule has 4 rings (SSSR count). The molecule has 0 bridgehead atoms. The van der Waals surface area contributed by atoms with Crippen LogP contribution < -0.4 is 5.32 Å². The third-order valence-electron chi connectivity index (χ3n) is 4.90. The van der Waals surface area contributed by atoms with Crippen LogP contribution in [-0.2, 0) is 19.7 Å². The highest BCUT2D eigenvalue weighted by molar-refractivity contribution is 7.89. The zero-order valence-corrected chi connectivity index (χ0v) is 17.9. The minimum atomic E-state index is -3.68. The van der Waals surface area contributed by atoms with E-state index in [0.717, 1.165) is 24.1 Å². The molecule has 10 heteroatoms. The van der Waals surface area contributed by atoms with Crippen LogP contribution in [0.25, 0.3) is 0 Å². The van der Waals surface area contributed by atoms with Crippen LogP contribution in [0.3, 0.4) is 0 Å². The maximum atomic E-state index is 13.1. The number of carbonyl (C=O) groups excluding carboxylic acids is 1. The first-order chi connectivity index (χ1) is 13.9. The lowest BCUT2D eigenvalue weighted by molar-refractivity contribution is -0.125. The molecule has 1 amide bonds. The van der Waals surface area contributed by atoms with Crippen molar-refractivity contribution >= 4 is 50.3 Å². The molecule has 1 aromatic carbocycles. The highest BCUT2D eigenvalue weighted by Gasteiger charge is 2.32. The van der Waals surface area contributed by atoms with E-state index in [1.165, 1.54) is 21.7 Å². The Hall–Kier alpha value is -1.94. The van der Waals surface area contributed by atoms with Gasteiger partial charge in [-0.05, 0) is 37.1 Å². The zero-order valence-electron chi connectivity index (χ0n) is 15.5. The second kappa shape index (κ2) is 8.43. The van der Waals surface area contributed by atoms with Crippen molar-refractivity contribution in [2.75, 3.05) is 18.4 Å². The maximum Gasteiger partial charge on any atom is 0.268 e. The monoisotopic (exact) mass is 453 g/mol. The number of rotatable bonds is 5. The standard InChI is InChI=1S/C19H20ClN3O4S2/c20-18-9-8-16(28-18)14-12-15(27-22-14)19(24)21-13-6-2-3-7-17(13)29(25,26)23-10-4-1-5-11-23/h2-3,6-9,15H,1,4-5,10-12H2,(H,21,24). The first-order valence-electron chi connectivity index (χ1n) is 9.33. The fourth-order valence-electron chi connectivity index (χ4n) is 3.39. The molecule has 2 aromatic rings. The van der Waals surface area contributed by atoms with E-state index >= 15 is 0 Å². The number of carbonyl (C=O) groups is 1. The molecule has 3 heterocycles. The lowest BCUT2D eigenvalue weighted by Gasteiger charge is -2.26. The number of benzene rings is 1. The first kappa shape index (κ1) is 20.3. The summed E-state index contributed by atoms with van der Waals surface area (Å²) in [7, 11) is -3.68. The van der Waals surface area contributed by atoms with Gasteiger partial charge in [-0.1, -0.05) is 35.3 Å². The van der Waals surface area contributed by atoms with Crippen molar-refractivity contribution in [1.82, 2.24) is 4.31 Å². The molecule has 1 atom stereocenters. The van der Waals surface area contributed by atoms with Crippen LogP contribution in [0.1, 0.15) is 30.6 Å². The Bertz CT molecular complexity index is 1050. The van der Waals surface area contributed by atoms with Crippen molar-refractivity contribution in [3.05, 3.63) is 45.6 Å². The Morgan fingerprint density at radius 1 is 1.17 bits per heavy atom. The predicted molar refractivity (Wildman–Crippen MR) is 113 cm³/mol. The van der Waals surface area contributed by atoms with Crippen molar-refractivity contribution in [3.63, 3.8) is 0 Å². The molecular formula is C19H20ClN3O4S2. The topological polar surface area (TPSA) is 88.1 Å². The van der Waals surface area contributed by atoms with Gasteiger partial charge in [0.1, 0.15) is 10.6 Å². The van der Waals surface area contributed by atoms with Gasteiger partial charge in [-0.2, -0.15) is 4.31 Å². The van der Waals surface area contributed by atoms with Crippen LogP contribution in [-0.4, -0.2) is 43.5 Å². The number of halogens is 1. The normalized spacial score (nSPS) is 20.2. The van der Waals surface area contributed by atoms with Crippen molar-refractivity contribution in [3.8, 4) is 0 Å². The van der Waals surface area contributed by atoms with E-state index in [9.17, 15) is 13.2 Å². The summed E-state index contributed by atoms with van der Waals surface area (Å²) in [4.78, 5) is 18.9. The van der Waals surface area contributed by atoms with Crippen molar-refractivity contribution in [2.45, 2.75) is 36.7 Å². The molecule has 1 fully saturated rings. The minimum Gasteiger partial charge on any atom is -0.382 e. The largest absolute Gasteiger partial charge is 0.382 e. The molecule has 2 aliphatic rings. The van der Waals surface area contributed by atoms with Gasteiger partial charge in [0.05, 0.1) is 14.9 Å². The predicted octanol–water partition coefficient (Wildman–Crippen LogP) is 3.71. The molecule has 29 heavy (non-hydrogen) atoms. The summed E-state index contributed by atoms with van der Waals surface area (Å²) in [6, 6.07) is 10.0. The number of para-hydroxylation sites is 1. The van der Waals surface area contributed by atoms with Gasteiger partial charge in [-0.3, -0.25) is 4.79 Å². The molecule has 0 saturated carbocycles. The Morgan fingerprint density at radius 2 is 1.93 bits per heavy atom. The van der Waals surface area contributed by atoms with Gasteiger partial charge < -0.3 is 10.2 Å². The summed E-state index contributed by atoms with van der Waals surface area (Å²) in [5.74, 6) is -0.437. The van der Waals surface area contributed by atoms with Gasteiger partial charge in [0.25, 0.3) is 5.91 Å². The number of oxime groups is 1. The molecule has 1 N–H and O–H groups in total. The molecule has 2 aliphatic heterocycles. The molecule has 0 radical (unpaired) electrons. The molecule has 1 saturated heterocycles. The Balaban J connectivity index is 1.48. The summed E-state index contributed by atoms with van der Waals surface area (Å²) in [6.45, 7) is 0.994. The summed E-state index contributed by atoms with van der Waals surface area (Å²) in [5, 5.41) is 6.70. The third kappa shape index (κ3) is 4.32. The summed E-state index contributed by atoms with van der Waals surface area (Å²) >= 11 is 7.31. The number of nitrogens with zero attached hydrogens (tertiary/aromatic N) is 2. The van der Waals surface area contributed by atoms with Crippen LogP contribution >= 0.6 is 22.9 Å². The molecular weight excluding hydrogens is 434 g/mol. The Kier molecular flexibility index (Phi) is 5.91. The lowest BCUT2D eigenvalue weighted by Crippen LogP contribution is -2.36. The molecule has 1 aromatic heterocycles. The van der Waals surface area contributed by atoms with E-state index in [-0.39, 0.29) is 10.6 Å². The van der Waals surface area contributed by atoms with Gasteiger partial charge >= 0.3 is 0 Å². The molecule has 1 unspecified atom stereocenters. The second-order valence-corrected chi connectivity index (χ2v) is 10.5. The lowest BCUT2D eigenvalue weighted by atomic mass is 10.1. The number of amides is 1. The minimum absolute atomic E-state index is 0.0967. The van der Waals surface area contributed by atoms with Crippen LogP contribution in [0.2, 0.25) is 4.34 Å². The smallest absolute Gasteiger partial charge is 0.268 e. The number of thiophene rings is 1. The highest BCUT2D eigenvalue weighted by atomic mass is 35.5. The van der Waals surface area contributed by atoms with Crippen LogP contribution in [0.5, 0.6) is 0 Å². The van der Waals surface area contributed by atoms with Crippen molar-refractivity contribution < 1.29 is 18.0 Å². The third-order valence-corrected chi connectivity index (χ3v) is 8.13. The number of sulfonamides is 1. The fraction of sp³-hybridized carbons (Fsp3) is 0.368. The number of nitrogens with one attached hydrogen (secondary N) is 1. The number of hydrogen-bond acceptors (Lipinski definition) is 6. The number of anilines is 1. The second-order valence-electron chi connectivity index (χ2n) is 6.89. The Morgan fingerprint density at radius 3 is 2.66 bits per heavy atom. The van der Waals surface area contributed by atoms with E-state index in [1.54, 1.807) is 24.3 Å². The van der Waals surface area contributed by atoms with E-state index in [2.05, 4.69) is 10.5 Å². The van der Waals surface area contributed by atoms with Crippen LogP contribution in [0.4, 0.5) is 5.69 Å². The van der Waals surface area contributed by atoms with Crippen molar-refractivity contribution in [2.24, 2.45) is 5.16 Å². The van der Waals surface area contributed by atoms with E-state index in [1.807, 2.05) is 6.07 Å². The van der Waals surface area contributed by atoms with Gasteiger partial charge in [-0.25, -0.2) is 8.42 Å². The highest BCUT2D eigenvalue weighted by Crippen LogP contribution is 2.29. The van der Waals surface area contributed by atoms with Crippen LogP contribution in [0.15, 0.2) is 46.4 Å². The Labute approximate surface area is 178 Å².